The number of fused-ring (bicyclic) bond motifs is 1. The van der Waals surface area contributed by atoms with Gasteiger partial charge < -0.3 is 24.1 Å². The number of furan rings is 1. The van der Waals surface area contributed by atoms with Gasteiger partial charge in [-0.2, -0.15) is 0 Å². The van der Waals surface area contributed by atoms with Crippen LogP contribution in [0.5, 0.6) is 11.5 Å². The van der Waals surface area contributed by atoms with Crippen molar-refractivity contribution in [3.05, 3.63) is 60.4 Å². The van der Waals surface area contributed by atoms with Crippen LogP contribution in [-0.4, -0.2) is 43.6 Å². The lowest BCUT2D eigenvalue weighted by atomic mass is 9.97. The van der Waals surface area contributed by atoms with Gasteiger partial charge in [0.15, 0.2) is 17.1 Å². The fraction of sp³-hybridized carbons (Fsp3) is 0.304. The number of ether oxygens (including phenoxy) is 2. The Balaban J connectivity index is 1.26. The van der Waals surface area contributed by atoms with Gasteiger partial charge in [-0.15, -0.1) is 0 Å². The first-order valence-electron chi connectivity index (χ1n) is 10.0. The Bertz CT molecular complexity index is 1020. The van der Waals surface area contributed by atoms with Gasteiger partial charge in [0.25, 0.3) is 5.91 Å². The van der Waals surface area contributed by atoms with Gasteiger partial charge in [-0.05, 0) is 43.0 Å². The number of carbonyl (C=O) groups is 2. The molecule has 0 unspecified atom stereocenters. The summed E-state index contributed by atoms with van der Waals surface area (Å²) < 4.78 is 16.4. The quantitative estimate of drug-likeness (QED) is 0.688. The highest BCUT2D eigenvalue weighted by Crippen LogP contribution is 2.28. The molecule has 3 aromatic rings. The van der Waals surface area contributed by atoms with Crippen LogP contribution < -0.4 is 14.8 Å². The van der Waals surface area contributed by atoms with Gasteiger partial charge in [0.05, 0.1) is 7.11 Å². The summed E-state index contributed by atoms with van der Waals surface area (Å²) in [5.74, 6) is 1.45. The van der Waals surface area contributed by atoms with Crippen molar-refractivity contribution in [2.45, 2.75) is 12.8 Å². The standard InChI is InChI=1S/C23H24N2O5/c1-28-19-9-5-6-17-14-20(30-21(17)19)22(26)24-15-16-10-12-25(13-11-16)23(27)29-18-7-3-2-4-8-18/h2-9,14,16H,10-13,15H2,1H3,(H,24,26). The summed E-state index contributed by atoms with van der Waals surface area (Å²) in [6.45, 7) is 1.75. The van der Waals surface area contributed by atoms with E-state index in [1.54, 1.807) is 36.3 Å². The SMILES string of the molecule is COc1cccc2cc(C(=O)NCC3CCN(C(=O)Oc4ccccc4)CC3)oc12. The number of amides is 2. The minimum absolute atomic E-state index is 0.251. The molecule has 4 rings (SSSR count). The highest BCUT2D eigenvalue weighted by Gasteiger charge is 2.25. The molecule has 1 fully saturated rings. The summed E-state index contributed by atoms with van der Waals surface area (Å²) in [5.41, 5.74) is 0.565. The van der Waals surface area contributed by atoms with E-state index in [4.69, 9.17) is 13.9 Å². The molecule has 0 atom stereocenters. The normalized spacial score (nSPS) is 14.5. The zero-order chi connectivity index (χ0) is 20.9. The number of hydrogen-bond donors (Lipinski definition) is 1. The van der Waals surface area contributed by atoms with Gasteiger partial charge in [0.1, 0.15) is 5.75 Å². The summed E-state index contributed by atoms with van der Waals surface area (Å²) >= 11 is 0. The molecule has 156 valence electrons. The minimum atomic E-state index is -0.333. The summed E-state index contributed by atoms with van der Waals surface area (Å²) in [5, 5.41) is 3.77. The molecule has 2 aromatic carbocycles. The first-order valence-corrected chi connectivity index (χ1v) is 10.0. The van der Waals surface area contributed by atoms with Gasteiger partial charge in [0, 0.05) is 25.0 Å². The average molecular weight is 408 g/mol. The summed E-state index contributed by atoms with van der Waals surface area (Å²) in [6, 6.07) is 16.3. The highest BCUT2D eigenvalue weighted by atomic mass is 16.6. The second-order valence-electron chi connectivity index (χ2n) is 7.31. The number of para-hydroxylation sites is 2. The lowest BCUT2D eigenvalue weighted by molar-refractivity contribution is 0.0906. The van der Waals surface area contributed by atoms with Crippen molar-refractivity contribution in [2.75, 3.05) is 26.7 Å². The number of nitrogens with zero attached hydrogens (tertiary/aromatic N) is 1. The Morgan fingerprint density at radius 1 is 1.10 bits per heavy atom. The number of methoxy groups -OCH3 is 1. The number of piperidine rings is 1. The monoisotopic (exact) mass is 408 g/mol. The zero-order valence-corrected chi connectivity index (χ0v) is 16.8. The van der Waals surface area contributed by atoms with E-state index in [0.717, 1.165) is 18.2 Å². The molecule has 0 radical (unpaired) electrons. The molecular weight excluding hydrogens is 384 g/mol. The Hall–Kier alpha value is -3.48. The van der Waals surface area contributed by atoms with Crippen LogP contribution in [0.15, 0.2) is 59.0 Å². The Kier molecular flexibility index (Phi) is 5.88. The Morgan fingerprint density at radius 2 is 1.87 bits per heavy atom. The minimum Gasteiger partial charge on any atom is -0.493 e. The third-order valence-corrected chi connectivity index (χ3v) is 5.32. The van der Waals surface area contributed by atoms with Crippen molar-refractivity contribution in [1.82, 2.24) is 10.2 Å². The van der Waals surface area contributed by atoms with E-state index in [1.807, 2.05) is 30.3 Å². The molecule has 1 aliphatic heterocycles. The van der Waals surface area contributed by atoms with Crippen molar-refractivity contribution in [1.29, 1.82) is 0 Å². The molecule has 0 saturated carbocycles. The number of hydrogen-bond acceptors (Lipinski definition) is 5. The number of rotatable bonds is 5. The van der Waals surface area contributed by atoms with Crippen molar-refractivity contribution in [2.24, 2.45) is 5.92 Å². The van der Waals surface area contributed by atoms with Crippen LogP contribution in [-0.2, 0) is 0 Å². The van der Waals surface area contributed by atoms with E-state index >= 15 is 0 Å². The van der Waals surface area contributed by atoms with Crippen LogP contribution in [0.2, 0.25) is 0 Å². The van der Waals surface area contributed by atoms with E-state index in [9.17, 15) is 9.59 Å². The van der Waals surface area contributed by atoms with Gasteiger partial charge in [-0.25, -0.2) is 4.79 Å². The lowest BCUT2D eigenvalue weighted by Gasteiger charge is -2.31. The Morgan fingerprint density at radius 3 is 2.60 bits per heavy atom. The van der Waals surface area contributed by atoms with E-state index < -0.39 is 0 Å². The van der Waals surface area contributed by atoms with Crippen LogP contribution in [0.4, 0.5) is 4.79 Å². The average Bonchev–Trinajstić information content (AvgIpc) is 3.23. The van der Waals surface area contributed by atoms with E-state index in [1.165, 1.54) is 0 Å². The molecule has 0 spiro atoms. The molecule has 2 amide bonds. The van der Waals surface area contributed by atoms with Crippen molar-refractivity contribution < 1.29 is 23.5 Å². The third kappa shape index (κ3) is 4.40. The fourth-order valence-electron chi connectivity index (χ4n) is 3.61. The molecule has 2 heterocycles. The largest absolute Gasteiger partial charge is 0.493 e. The summed E-state index contributed by atoms with van der Waals surface area (Å²) in [6.07, 6.45) is 1.27. The van der Waals surface area contributed by atoms with Crippen LogP contribution in [0.25, 0.3) is 11.0 Å². The molecule has 7 heteroatoms. The molecule has 0 bridgehead atoms. The van der Waals surface area contributed by atoms with E-state index in [0.29, 0.717) is 42.6 Å². The second-order valence-corrected chi connectivity index (χ2v) is 7.31. The molecular formula is C23H24N2O5. The van der Waals surface area contributed by atoms with Crippen molar-refractivity contribution in [3.8, 4) is 11.5 Å². The maximum Gasteiger partial charge on any atom is 0.415 e. The van der Waals surface area contributed by atoms with Gasteiger partial charge in [-0.1, -0.05) is 30.3 Å². The maximum atomic E-state index is 12.5. The number of nitrogens with one attached hydrogen (secondary N) is 1. The van der Waals surface area contributed by atoms with Crippen LogP contribution in [0.1, 0.15) is 23.4 Å². The predicted molar refractivity (Wildman–Crippen MR) is 112 cm³/mol. The van der Waals surface area contributed by atoms with Gasteiger partial charge >= 0.3 is 6.09 Å². The fourth-order valence-corrected chi connectivity index (χ4v) is 3.61. The molecule has 1 saturated heterocycles. The second kappa shape index (κ2) is 8.90. The first-order chi connectivity index (χ1) is 14.6. The number of likely N-dealkylation sites (tertiary alicyclic amines) is 1. The zero-order valence-electron chi connectivity index (χ0n) is 16.8. The molecule has 0 aliphatic carbocycles. The third-order valence-electron chi connectivity index (χ3n) is 5.32. The van der Waals surface area contributed by atoms with Crippen LogP contribution >= 0.6 is 0 Å². The predicted octanol–water partition coefficient (Wildman–Crippen LogP) is 4.08. The lowest BCUT2D eigenvalue weighted by Crippen LogP contribution is -2.42. The molecule has 7 nitrogen and oxygen atoms in total. The van der Waals surface area contributed by atoms with Crippen molar-refractivity contribution in [3.63, 3.8) is 0 Å². The summed E-state index contributed by atoms with van der Waals surface area (Å²) in [7, 11) is 1.57. The number of benzene rings is 2. The van der Waals surface area contributed by atoms with E-state index in [2.05, 4.69) is 5.32 Å². The van der Waals surface area contributed by atoms with Crippen LogP contribution in [0, 0.1) is 5.92 Å². The number of carbonyl (C=O) groups excluding carboxylic acids is 2. The van der Waals surface area contributed by atoms with Gasteiger partial charge in [0.2, 0.25) is 0 Å². The smallest absolute Gasteiger partial charge is 0.415 e. The van der Waals surface area contributed by atoms with E-state index in [-0.39, 0.29) is 17.8 Å². The molecule has 30 heavy (non-hydrogen) atoms. The highest BCUT2D eigenvalue weighted by molar-refractivity contribution is 5.97. The topological polar surface area (TPSA) is 81.0 Å². The summed E-state index contributed by atoms with van der Waals surface area (Å²) in [4.78, 5) is 26.5. The molecule has 1 aromatic heterocycles. The first kappa shape index (κ1) is 19.8. The molecule has 1 N–H and O–H groups in total. The maximum absolute atomic E-state index is 12.5. The van der Waals surface area contributed by atoms with Gasteiger partial charge in [-0.3, -0.25) is 4.79 Å². The molecule has 1 aliphatic rings. The Labute approximate surface area is 174 Å². The van der Waals surface area contributed by atoms with Crippen LogP contribution in [0.3, 0.4) is 0 Å². The van der Waals surface area contributed by atoms with Crippen molar-refractivity contribution >= 4 is 23.0 Å².